The third-order valence-corrected chi connectivity index (χ3v) is 11.8. The van der Waals surface area contributed by atoms with Crippen molar-refractivity contribution in [2.24, 2.45) is 22.2 Å². The maximum absolute atomic E-state index is 14.5. The average Bonchev–Trinajstić information content (AvgIpc) is 2.89. The maximum atomic E-state index is 14.5. The summed E-state index contributed by atoms with van der Waals surface area (Å²) < 4.78 is 6.81. The van der Waals surface area contributed by atoms with Gasteiger partial charge in [0.2, 0.25) is 0 Å². The van der Waals surface area contributed by atoms with E-state index < -0.39 is 22.3 Å². The highest BCUT2D eigenvalue weighted by atomic mass is 16.5. The highest BCUT2D eigenvalue weighted by Gasteiger charge is 2.70. The molecule has 1 fully saturated rings. The van der Waals surface area contributed by atoms with Crippen LogP contribution in [0.15, 0.2) is 41.0 Å². The highest BCUT2D eigenvalue weighted by Crippen LogP contribution is 2.71. The summed E-state index contributed by atoms with van der Waals surface area (Å²) in [6.07, 6.45) is 4.91. The zero-order valence-corrected chi connectivity index (χ0v) is 26.0. The predicted molar refractivity (Wildman–Crippen MR) is 160 cm³/mol. The molecular formula is C36H46O4. The predicted octanol–water partition coefficient (Wildman–Crippen LogP) is 8.15. The van der Waals surface area contributed by atoms with Gasteiger partial charge in [-0.3, -0.25) is 14.4 Å². The van der Waals surface area contributed by atoms with Crippen molar-refractivity contribution in [1.82, 2.24) is 0 Å². The Morgan fingerprint density at radius 3 is 2.17 bits per heavy atom. The monoisotopic (exact) mass is 542 g/mol. The number of carbonyl (C=O) groups is 3. The minimum Gasteiger partial charge on any atom is -0.461 e. The van der Waals surface area contributed by atoms with E-state index in [1.54, 1.807) is 0 Å². The van der Waals surface area contributed by atoms with Gasteiger partial charge in [0.25, 0.3) is 0 Å². The van der Waals surface area contributed by atoms with E-state index in [2.05, 4.69) is 60.3 Å². The zero-order valence-electron chi connectivity index (χ0n) is 26.0. The molecule has 0 radical (unpaired) electrons. The van der Waals surface area contributed by atoms with Crippen molar-refractivity contribution in [3.8, 4) is 0 Å². The lowest BCUT2D eigenvalue weighted by molar-refractivity contribution is -0.189. The standard InChI is InChI=1S/C36H46O4/c1-19-16-17-20(2)28-23(5)35(9)30(22(4)27(19)28)24(6)36(10)31(38)29(25(7)37)21(3)18-34(36,8)33(35)40-32(39)26-14-12-11-13-15-26/h16-17,23,26,33H,4,11-15,18H2,1-3,5-10H3/t23-,33+,34+,35+,36+/m1/s1. The molecule has 4 aliphatic carbocycles. The van der Waals surface area contributed by atoms with Gasteiger partial charge in [0, 0.05) is 10.8 Å². The van der Waals surface area contributed by atoms with Gasteiger partial charge in [-0.2, -0.15) is 0 Å². The molecule has 0 spiro atoms. The van der Waals surface area contributed by atoms with Crippen LogP contribution < -0.4 is 0 Å². The van der Waals surface area contributed by atoms with Gasteiger partial charge in [0.05, 0.1) is 16.9 Å². The van der Waals surface area contributed by atoms with Crippen molar-refractivity contribution in [2.75, 3.05) is 0 Å². The summed E-state index contributed by atoms with van der Waals surface area (Å²) >= 11 is 0. The highest BCUT2D eigenvalue weighted by molar-refractivity contribution is 6.23. The molecule has 0 saturated heterocycles. The number of hydrogen-bond donors (Lipinski definition) is 0. The van der Waals surface area contributed by atoms with Crippen LogP contribution in [0.4, 0.5) is 0 Å². The van der Waals surface area contributed by atoms with Gasteiger partial charge in [-0.25, -0.2) is 0 Å². The molecular weight excluding hydrogens is 496 g/mol. The van der Waals surface area contributed by atoms with Crippen LogP contribution in [0.3, 0.4) is 0 Å². The van der Waals surface area contributed by atoms with E-state index in [0.717, 1.165) is 65.5 Å². The van der Waals surface area contributed by atoms with Crippen molar-refractivity contribution in [2.45, 2.75) is 113 Å². The first-order chi connectivity index (χ1) is 18.6. The van der Waals surface area contributed by atoms with Gasteiger partial charge in [0.15, 0.2) is 11.6 Å². The van der Waals surface area contributed by atoms with E-state index >= 15 is 0 Å². The number of ether oxygens (including phenoxy) is 1. The second kappa shape index (κ2) is 9.39. The van der Waals surface area contributed by atoms with Crippen LogP contribution in [0, 0.1) is 36.0 Å². The van der Waals surface area contributed by atoms with Crippen molar-refractivity contribution < 1.29 is 19.1 Å². The molecule has 1 aromatic carbocycles. The van der Waals surface area contributed by atoms with Gasteiger partial charge < -0.3 is 4.74 Å². The van der Waals surface area contributed by atoms with Crippen LogP contribution in [0.1, 0.15) is 115 Å². The van der Waals surface area contributed by atoms with Gasteiger partial charge in [-0.05, 0) is 100 Å². The number of Topliss-reactive ketones (excluding diaryl/α,β-unsaturated/α-hetero) is 2. The summed E-state index contributed by atoms with van der Waals surface area (Å²) in [6, 6.07) is 4.32. The number of carbonyl (C=O) groups excluding carboxylic acids is 3. The summed E-state index contributed by atoms with van der Waals surface area (Å²) in [6.45, 7) is 23.0. The third kappa shape index (κ3) is 3.53. The Bertz CT molecular complexity index is 1420. The number of aryl methyl sites for hydroxylation is 2. The quantitative estimate of drug-likeness (QED) is 0.286. The minimum atomic E-state index is -1.02. The second-order valence-electron chi connectivity index (χ2n) is 13.9. The number of fused-ring (bicyclic) bond motifs is 3. The topological polar surface area (TPSA) is 60.4 Å². The van der Waals surface area contributed by atoms with Crippen molar-refractivity contribution >= 4 is 23.1 Å². The number of esters is 1. The zero-order chi connectivity index (χ0) is 29.5. The Morgan fingerprint density at radius 1 is 0.975 bits per heavy atom. The van der Waals surface area contributed by atoms with Gasteiger partial charge >= 0.3 is 5.97 Å². The molecule has 0 amide bonds. The SMILES string of the molecule is C=C1C2=C(C)[C@@]3(C)C(=O)C(C(C)=O)=C(C)C[C@@]3(C)[C@H](OC(=O)C3CCCCC3)[C@@]2(C)[C@H](C)c2c(C)ccc(C)c21. The molecule has 1 aromatic rings. The van der Waals surface area contributed by atoms with Crippen LogP contribution in [0.5, 0.6) is 0 Å². The van der Waals surface area contributed by atoms with Gasteiger partial charge in [-0.15, -0.1) is 0 Å². The molecule has 4 heteroatoms. The third-order valence-electron chi connectivity index (χ3n) is 11.8. The van der Waals surface area contributed by atoms with Crippen LogP contribution >= 0.6 is 0 Å². The fourth-order valence-electron chi connectivity index (χ4n) is 9.39. The van der Waals surface area contributed by atoms with E-state index in [1.807, 2.05) is 13.8 Å². The van der Waals surface area contributed by atoms with E-state index in [4.69, 9.17) is 4.74 Å². The van der Waals surface area contributed by atoms with Crippen LogP contribution in [-0.4, -0.2) is 23.6 Å². The lowest BCUT2D eigenvalue weighted by Crippen LogP contribution is -2.66. The Labute approximate surface area is 240 Å². The molecule has 5 rings (SSSR count). The molecule has 214 valence electrons. The second-order valence-corrected chi connectivity index (χ2v) is 13.9. The molecule has 0 bridgehead atoms. The molecule has 0 heterocycles. The van der Waals surface area contributed by atoms with E-state index in [1.165, 1.54) is 18.1 Å². The van der Waals surface area contributed by atoms with Gasteiger partial charge in [-0.1, -0.05) is 69.9 Å². The van der Waals surface area contributed by atoms with E-state index in [-0.39, 0.29) is 29.4 Å². The smallest absolute Gasteiger partial charge is 0.309 e. The fourth-order valence-corrected chi connectivity index (χ4v) is 9.39. The number of ketones is 2. The van der Waals surface area contributed by atoms with Crippen LogP contribution in [-0.2, 0) is 19.1 Å². The van der Waals surface area contributed by atoms with Gasteiger partial charge in [0.1, 0.15) is 6.10 Å². The average molecular weight is 543 g/mol. The van der Waals surface area contributed by atoms with E-state index in [0.29, 0.717) is 12.0 Å². The van der Waals surface area contributed by atoms with Crippen molar-refractivity contribution in [3.05, 3.63) is 63.3 Å². The first-order valence-electron chi connectivity index (χ1n) is 15.1. The normalized spacial score (nSPS) is 34.3. The molecule has 1 saturated carbocycles. The summed E-state index contributed by atoms with van der Waals surface area (Å²) in [5, 5.41) is 0. The number of hydrogen-bond acceptors (Lipinski definition) is 4. The van der Waals surface area contributed by atoms with Crippen LogP contribution in [0.2, 0.25) is 0 Å². The van der Waals surface area contributed by atoms with Crippen molar-refractivity contribution in [3.63, 3.8) is 0 Å². The number of rotatable bonds is 3. The summed E-state index contributed by atoms with van der Waals surface area (Å²) in [4.78, 5) is 41.3. The molecule has 4 aliphatic rings. The molecule has 0 unspecified atom stereocenters. The number of benzene rings is 1. The lowest BCUT2D eigenvalue weighted by atomic mass is 9.39. The Balaban J connectivity index is 1.83. The largest absolute Gasteiger partial charge is 0.461 e. The molecule has 4 nitrogen and oxygen atoms in total. The molecule has 0 aliphatic heterocycles. The Hall–Kier alpha value is -2.75. The number of allylic oxidation sites excluding steroid dienone is 4. The van der Waals surface area contributed by atoms with E-state index in [9.17, 15) is 14.4 Å². The Kier molecular flexibility index (Phi) is 6.75. The first-order valence-corrected chi connectivity index (χ1v) is 15.1. The molecule has 40 heavy (non-hydrogen) atoms. The van der Waals surface area contributed by atoms with Crippen LogP contribution in [0.25, 0.3) is 5.57 Å². The lowest BCUT2D eigenvalue weighted by Gasteiger charge is -2.65. The maximum Gasteiger partial charge on any atom is 0.309 e. The molecule has 0 aromatic heterocycles. The fraction of sp³-hybridized carbons (Fsp3) is 0.583. The summed E-state index contributed by atoms with van der Waals surface area (Å²) in [5.74, 6) is -0.560. The van der Waals surface area contributed by atoms with Crippen molar-refractivity contribution in [1.29, 1.82) is 0 Å². The molecule has 0 N–H and O–H groups in total. The summed E-state index contributed by atoms with van der Waals surface area (Å²) in [5.41, 5.74) is 6.43. The Morgan fingerprint density at radius 2 is 1.57 bits per heavy atom. The minimum absolute atomic E-state index is 0.0250. The summed E-state index contributed by atoms with van der Waals surface area (Å²) in [7, 11) is 0. The molecule has 5 atom stereocenters. The first kappa shape index (κ1) is 28.8.